The van der Waals surface area contributed by atoms with E-state index in [1.807, 2.05) is 18.2 Å². The minimum absolute atomic E-state index is 0.771. The van der Waals surface area contributed by atoms with Crippen LogP contribution in [0.25, 0.3) is 0 Å². The van der Waals surface area contributed by atoms with Gasteiger partial charge >= 0.3 is 0 Å². The van der Waals surface area contributed by atoms with Gasteiger partial charge in [-0.1, -0.05) is 23.7 Å². The molecule has 1 aliphatic rings. The van der Waals surface area contributed by atoms with Crippen molar-refractivity contribution in [3.05, 3.63) is 34.9 Å². The third-order valence-corrected chi connectivity index (χ3v) is 3.23. The number of hydrogen-bond acceptors (Lipinski definition) is 2. The second kappa shape index (κ2) is 6.24. The summed E-state index contributed by atoms with van der Waals surface area (Å²) in [6, 6.07) is 8.01. The molecule has 1 aromatic rings. The zero-order valence-electron chi connectivity index (χ0n) is 9.42. The van der Waals surface area contributed by atoms with Gasteiger partial charge in [-0.2, -0.15) is 0 Å². The van der Waals surface area contributed by atoms with E-state index in [9.17, 15) is 0 Å². The largest absolute Gasteiger partial charge is 0.381 e. The Morgan fingerprint density at radius 1 is 1.31 bits per heavy atom. The topological polar surface area (TPSA) is 21.3 Å². The van der Waals surface area contributed by atoms with Crippen LogP contribution in [0.5, 0.6) is 0 Å². The van der Waals surface area contributed by atoms with Crippen molar-refractivity contribution in [3.8, 4) is 0 Å². The fourth-order valence-electron chi connectivity index (χ4n) is 2.02. The summed E-state index contributed by atoms with van der Waals surface area (Å²) < 4.78 is 5.33. The molecule has 0 aliphatic carbocycles. The molecule has 0 radical (unpaired) electrons. The second-order valence-electron chi connectivity index (χ2n) is 4.32. The summed E-state index contributed by atoms with van der Waals surface area (Å²) in [4.78, 5) is 0. The molecule has 1 aliphatic heterocycles. The lowest BCUT2D eigenvalue weighted by molar-refractivity contribution is 0.0662. The molecular weight excluding hydrogens is 222 g/mol. The molecule has 0 atom stereocenters. The zero-order valence-corrected chi connectivity index (χ0v) is 10.2. The Hall–Kier alpha value is -0.570. The van der Waals surface area contributed by atoms with Gasteiger partial charge in [0.2, 0.25) is 0 Å². The van der Waals surface area contributed by atoms with E-state index in [1.54, 1.807) is 0 Å². The summed E-state index contributed by atoms with van der Waals surface area (Å²) in [7, 11) is 0. The fourth-order valence-corrected chi connectivity index (χ4v) is 2.23. The molecule has 1 saturated heterocycles. The Labute approximate surface area is 102 Å². The maximum Gasteiger partial charge on any atom is 0.0469 e. The highest BCUT2D eigenvalue weighted by atomic mass is 35.5. The van der Waals surface area contributed by atoms with Crippen LogP contribution in [0.4, 0.5) is 0 Å². The molecule has 0 unspecified atom stereocenters. The molecule has 2 rings (SSSR count). The van der Waals surface area contributed by atoms with E-state index in [0.717, 1.165) is 37.2 Å². The molecule has 3 heteroatoms. The Balaban J connectivity index is 1.71. The van der Waals surface area contributed by atoms with Crippen LogP contribution in [0, 0.1) is 5.92 Å². The van der Waals surface area contributed by atoms with Gasteiger partial charge in [0.25, 0.3) is 0 Å². The van der Waals surface area contributed by atoms with E-state index in [4.69, 9.17) is 16.3 Å². The first-order chi connectivity index (χ1) is 7.84. The average Bonchev–Trinajstić information content (AvgIpc) is 2.30. The lowest BCUT2D eigenvalue weighted by Gasteiger charge is -2.22. The van der Waals surface area contributed by atoms with Crippen LogP contribution in [0.1, 0.15) is 18.4 Å². The first kappa shape index (κ1) is 11.9. The summed E-state index contributed by atoms with van der Waals surface area (Å²) in [5.41, 5.74) is 1.25. The number of halogens is 1. The lowest BCUT2D eigenvalue weighted by atomic mass is 10.0. The third-order valence-electron chi connectivity index (χ3n) is 2.99. The van der Waals surface area contributed by atoms with Crippen LogP contribution in [0.2, 0.25) is 5.02 Å². The summed E-state index contributed by atoms with van der Waals surface area (Å²) >= 11 is 5.93. The molecule has 0 spiro atoms. The third kappa shape index (κ3) is 3.78. The van der Waals surface area contributed by atoms with Crippen LogP contribution in [0.3, 0.4) is 0 Å². The van der Waals surface area contributed by atoms with Gasteiger partial charge in [-0.15, -0.1) is 0 Å². The molecule has 1 heterocycles. The number of rotatable bonds is 4. The highest BCUT2D eigenvalue weighted by Crippen LogP contribution is 2.14. The average molecular weight is 240 g/mol. The van der Waals surface area contributed by atoms with Gasteiger partial charge in [-0.25, -0.2) is 0 Å². The van der Waals surface area contributed by atoms with Crippen molar-refractivity contribution in [2.75, 3.05) is 19.8 Å². The van der Waals surface area contributed by atoms with E-state index in [1.165, 1.54) is 18.4 Å². The van der Waals surface area contributed by atoms with Crippen molar-refractivity contribution >= 4 is 11.6 Å². The summed E-state index contributed by atoms with van der Waals surface area (Å²) in [6.07, 6.45) is 2.37. The number of ether oxygens (including phenoxy) is 1. The van der Waals surface area contributed by atoms with E-state index in [0.29, 0.717) is 0 Å². The molecule has 2 nitrogen and oxygen atoms in total. The summed E-state index contributed by atoms with van der Waals surface area (Å²) in [6.45, 7) is 3.82. The van der Waals surface area contributed by atoms with E-state index >= 15 is 0 Å². The SMILES string of the molecule is Clc1cccc(CNCC2CCOCC2)c1. The minimum Gasteiger partial charge on any atom is -0.381 e. The van der Waals surface area contributed by atoms with E-state index < -0.39 is 0 Å². The first-order valence-electron chi connectivity index (χ1n) is 5.87. The Bertz CT molecular complexity index is 323. The van der Waals surface area contributed by atoms with Crippen molar-refractivity contribution in [1.29, 1.82) is 0 Å². The maximum atomic E-state index is 5.93. The monoisotopic (exact) mass is 239 g/mol. The highest BCUT2D eigenvalue weighted by molar-refractivity contribution is 6.30. The van der Waals surface area contributed by atoms with Crippen LogP contribution >= 0.6 is 11.6 Å². The highest BCUT2D eigenvalue weighted by Gasteiger charge is 2.12. The molecule has 0 amide bonds. The van der Waals surface area contributed by atoms with Gasteiger partial charge in [0.15, 0.2) is 0 Å². The van der Waals surface area contributed by atoms with Crippen molar-refractivity contribution in [2.45, 2.75) is 19.4 Å². The van der Waals surface area contributed by atoms with Gasteiger partial charge in [-0.05, 0) is 43.0 Å². The molecule has 88 valence electrons. The molecule has 0 aromatic heterocycles. The molecular formula is C13H18ClNO. The summed E-state index contributed by atoms with van der Waals surface area (Å²) in [5.74, 6) is 0.771. The Morgan fingerprint density at radius 2 is 2.12 bits per heavy atom. The fraction of sp³-hybridized carbons (Fsp3) is 0.538. The zero-order chi connectivity index (χ0) is 11.2. The molecule has 16 heavy (non-hydrogen) atoms. The lowest BCUT2D eigenvalue weighted by Crippen LogP contribution is -2.27. The van der Waals surface area contributed by atoms with E-state index in [-0.39, 0.29) is 0 Å². The Morgan fingerprint density at radius 3 is 2.88 bits per heavy atom. The van der Waals surface area contributed by atoms with Gasteiger partial charge in [0.1, 0.15) is 0 Å². The quantitative estimate of drug-likeness (QED) is 0.873. The smallest absolute Gasteiger partial charge is 0.0469 e. The molecule has 1 aromatic carbocycles. The number of hydrogen-bond donors (Lipinski definition) is 1. The van der Waals surface area contributed by atoms with Crippen LogP contribution in [0.15, 0.2) is 24.3 Å². The Kier molecular flexibility index (Phi) is 4.64. The van der Waals surface area contributed by atoms with Crippen molar-refractivity contribution in [2.24, 2.45) is 5.92 Å². The standard InChI is InChI=1S/C13H18ClNO/c14-13-3-1-2-12(8-13)10-15-9-11-4-6-16-7-5-11/h1-3,8,11,15H,4-7,9-10H2. The van der Waals surface area contributed by atoms with Gasteiger partial charge < -0.3 is 10.1 Å². The molecule has 1 fully saturated rings. The first-order valence-corrected chi connectivity index (χ1v) is 6.25. The van der Waals surface area contributed by atoms with Crippen molar-refractivity contribution < 1.29 is 4.74 Å². The predicted octanol–water partition coefficient (Wildman–Crippen LogP) is 2.86. The summed E-state index contributed by atoms with van der Waals surface area (Å²) in [5, 5.41) is 4.29. The van der Waals surface area contributed by atoms with Crippen molar-refractivity contribution in [3.63, 3.8) is 0 Å². The normalized spacial score (nSPS) is 17.6. The molecule has 0 saturated carbocycles. The predicted molar refractivity (Wildman–Crippen MR) is 66.7 cm³/mol. The minimum atomic E-state index is 0.771. The van der Waals surface area contributed by atoms with Gasteiger partial charge in [0.05, 0.1) is 0 Å². The molecule has 0 bridgehead atoms. The number of nitrogens with one attached hydrogen (secondary N) is 1. The van der Waals surface area contributed by atoms with Crippen LogP contribution in [-0.2, 0) is 11.3 Å². The molecule has 1 N–H and O–H groups in total. The second-order valence-corrected chi connectivity index (χ2v) is 4.75. The van der Waals surface area contributed by atoms with Crippen LogP contribution in [-0.4, -0.2) is 19.8 Å². The van der Waals surface area contributed by atoms with Gasteiger partial charge in [-0.3, -0.25) is 0 Å². The van der Waals surface area contributed by atoms with Crippen molar-refractivity contribution in [1.82, 2.24) is 5.32 Å². The van der Waals surface area contributed by atoms with Gasteiger partial charge in [0, 0.05) is 24.8 Å². The number of benzene rings is 1. The van der Waals surface area contributed by atoms with E-state index in [2.05, 4.69) is 11.4 Å². The maximum absolute atomic E-state index is 5.93. The van der Waals surface area contributed by atoms with Crippen LogP contribution < -0.4 is 5.32 Å².